The summed E-state index contributed by atoms with van der Waals surface area (Å²) in [4.78, 5) is 0.0590. The second-order valence-corrected chi connectivity index (χ2v) is 9.16. The molecular formula is C23H25N3O4S2. The molecule has 0 bridgehead atoms. The topological polar surface area (TPSA) is 88.7 Å². The van der Waals surface area contributed by atoms with Crippen LogP contribution in [0.15, 0.2) is 65.6 Å². The van der Waals surface area contributed by atoms with E-state index >= 15 is 0 Å². The molecule has 0 aromatic heterocycles. The summed E-state index contributed by atoms with van der Waals surface area (Å²) in [5, 5.41) is 6.53. The van der Waals surface area contributed by atoms with Crippen LogP contribution in [0.3, 0.4) is 0 Å². The van der Waals surface area contributed by atoms with E-state index in [0.29, 0.717) is 28.0 Å². The van der Waals surface area contributed by atoms with E-state index in [1.165, 1.54) is 24.8 Å². The van der Waals surface area contributed by atoms with Crippen molar-refractivity contribution in [2.75, 3.05) is 29.6 Å². The predicted octanol–water partition coefficient (Wildman–Crippen LogP) is 4.93. The number of sulfonamides is 1. The maximum Gasteiger partial charge on any atom is 0.262 e. The van der Waals surface area contributed by atoms with Crippen LogP contribution in [0.4, 0.5) is 17.1 Å². The molecule has 0 aliphatic rings. The Morgan fingerprint density at radius 2 is 1.50 bits per heavy atom. The molecule has 9 heteroatoms. The highest BCUT2D eigenvalue weighted by Gasteiger charge is 2.17. The molecule has 7 nitrogen and oxygen atoms in total. The standard InChI is InChI=1S/C23H25N3O4S2/c1-15-5-6-18(13-16(15)2)24-23(31)25-21-12-11-20(14-22(21)30-4)32(27,28)26-17-7-9-19(29-3)10-8-17/h5-14,26H,1-4H3,(H2,24,25,31). The van der Waals surface area contributed by atoms with Crippen LogP contribution in [0.2, 0.25) is 0 Å². The fraction of sp³-hybridized carbons (Fsp3) is 0.174. The van der Waals surface area contributed by atoms with Gasteiger partial charge in [0.1, 0.15) is 11.5 Å². The van der Waals surface area contributed by atoms with Gasteiger partial charge in [-0.1, -0.05) is 6.07 Å². The molecule has 0 fully saturated rings. The molecule has 3 N–H and O–H groups in total. The number of ether oxygens (including phenoxy) is 2. The van der Waals surface area contributed by atoms with Gasteiger partial charge in [-0.05, 0) is 85.7 Å². The molecular weight excluding hydrogens is 446 g/mol. The molecule has 0 amide bonds. The smallest absolute Gasteiger partial charge is 0.262 e. The minimum Gasteiger partial charge on any atom is -0.497 e. The second kappa shape index (κ2) is 9.88. The number of methoxy groups -OCH3 is 2. The molecule has 0 heterocycles. The number of rotatable bonds is 7. The summed E-state index contributed by atoms with van der Waals surface area (Å²) in [6.45, 7) is 4.07. The van der Waals surface area contributed by atoms with E-state index in [1.54, 1.807) is 37.4 Å². The van der Waals surface area contributed by atoms with Crippen molar-refractivity contribution in [1.29, 1.82) is 0 Å². The van der Waals surface area contributed by atoms with Crippen LogP contribution in [0, 0.1) is 13.8 Å². The predicted molar refractivity (Wildman–Crippen MR) is 133 cm³/mol. The van der Waals surface area contributed by atoms with Crippen molar-refractivity contribution in [3.8, 4) is 11.5 Å². The highest BCUT2D eigenvalue weighted by Crippen LogP contribution is 2.29. The zero-order valence-electron chi connectivity index (χ0n) is 18.2. The summed E-state index contributed by atoms with van der Waals surface area (Å²) < 4.78 is 38.6. The third-order valence-electron chi connectivity index (χ3n) is 4.84. The van der Waals surface area contributed by atoms with Crippen molar-refractivity contribution in [2.24, 2.45) is 0 Å². The Labute approximate surface area is 193 Å². The Morgan fingerprint density at radius 3 is 2.12 bits per heavy atom. The number of anilines is 3. The first-order valence-corrected chi connectivity index (χ1v) is 11.6. The van der Waals surface area contributed by atoms with Crippen LogP contribution in [0.1, 0.15) is 11.1 Å². The van der Waals surface area contributed by atoms with Crippen LogP contribution in [0.5, 0.6) is 11.5 Å². The molecule has 32 heavy (non-hydrogen) atoms. The third-order valence-corrected chi connectivity index (χ3v) is 6.42. The molecule has 0 aliphatic carbocycles. The molecule has 3 aromatic carbocycles. The largest absolute Gasteiger partial charge is 0.497 e. The van der Waals surface area contributed by atoms with Crippen molar-refractivity contribution in [1.82, 2.24) is 0 Å². The van der Waals surface area contributed by atoms with E-state index in [1.807, 2.05) is 32.0 Å². The number of nitrogens with one attached hydrogen (secondary N) is 3. The van der Waals surface area contributed by atoms with Crippen molar-refractivity contribution < 1.29 is 17.9 Å². The van der Waals surface area contributed by atoms with Crippen LogP contribution in [-0.2, 0) is 10.0 Å². The fourth-order valence-electron chi connectivity index (χ4n) is 2.92. The Balaban J connectivity index is 1.75. The fourth-order valence-corrected chi connectivity index (χ4v) is 4.22. The Morgan fingerprint density at radius 1 is 0.812 bits per heavy atom. The van der Waals surface area contributed by atoms with Crippen LogP contribution >= 0.6 is 12.2 Å². The van der Waals surface area contributed by atoms with Gasteiger partial charge in [-0.25, -0.2) is 8.42 Å². The number of thiocarbonyl (C=S) groups is 1. The van der Waals surface area contributed by atoms with Crippen LogP contribution in [-0.4, -0.2) is 27.7 Å². The lowest BCUT2D eigenvalue weighted by molar-refractivity contribution is 0.415. The van der Waals surface area contributed by atoms with E-state index in [-0.39, 0.29) is 4.90 Å². The Bertz CT molecular complexity index is 1230. The first-order valence-electron chi connectivity index (χ1n) is 9.72. The zero-order valence-corrected chi connectivity index (χ0v) is 19.9. The van der Waals surface area contributed by atoms with Gasteiger partial charge in [0, 0.05) is 17.4 Å². The van der Waals surface area contributed by atoms with Crippen LogP contribution in [0.25, 0.3) is 0 Å². The van der Waals surface area contributed by atoms with Gasteiger partial charge in [0.2, 0.25) is 0 Å². The highest BCUT2D eigenvalue weighted by atomic mass is 32.2. The lowest BCUT2D eigenvalue weighted by atomic mass is 10.1. The average Bonchev–Trinajstić information content (AvgIpc) is 2.76. The normalized spacial score (nSPS) is 10.9. The maximum absolute atomic E-state index is 12.8. The van der Waals surface area contributed by atoms with Gasteiger partial charge in [-0.15, -0.1) is 0 Å². The maximum atomic E-state index is 12.8. The lowest BCUT2D eigenvalue weighted by Crippen LogP contribution is -2.20. The Hall–Kier alpha value is -3.30. The third kappa shape index (κ3) is 5.68. The first kappa shape index (κ1) is 23.4. The zero-order chi connectivity index (χ0) is 23.3. The van der Waals surface area contributed by atoms with Gasteiger partial charge < -0.3 is 20.1 Å². The van der Waals surface area contributed by atoms with E-state index in [2.05, 4.69) is 15.4 Å². The number of aryl methyl sites for hydroxylation is 2. The number of hydrogen-bond donors (Lipinski definition) is 3. The van der Waals surface area contributed by atoms with Gasteiger partial charge in [-0.3, -0.25) is 4.72 Å². The summed E-state index contributed by atoms with van der Waals surface area (Å²) in [5.74, 6) is 0.974. The van der Waals surface area contributed by atoms with Crippen molar-refractivity contribution in [2.45, 2.75) is 18.7 Å². The first-order chi connectivity index (χ1) is 15.2. The molecule has 0 saturated carbocycles. The molecule has 0 spiro atoms. The van der Waals surface area contributed by atoms with Gasteiger partial charge in [0.25, 0.3) is 10.0 Å². The van der Waals surface area contributed by atoms with E-state index < -0.39 is 10.0 Å². The second-order valence-electron chi connectivity index (χ2n) is 7.07. The van der Waals surface area contributed by atoms with Gasteiger partial charge in [0.15, 0.2) is 5.11 Å². The van der Waals surface area contributed by atoms with Crippen molar-refractivity contribution >= 4 is 44.4 Å². The lowest BCUT2D eigenvalue weighted by Gasteiger charge is -2.16. The highest BCUT2D eigenvalue weighted by molar-refractivity contribution is 7.92. The summed E-state index contributed by atoms with van der Waals surface area (Å²) in [6, 6.07) is 17.1. The molecule has 0 aliphatic heterocycles. The molecule has 0 radical (unpaired) electrons. The molecule has 3 rings (SSSR count). The molecule has 0 atom stereocenters. The minimum absolute atomic E-state index is 0.0590. The van der Waals surface area contributed by atoms with E-state index in [9.17, 15) is 8.42 Å². The minimum atomic E-state index is -3.82. The molecule has 168 valence electrons. The summed E-state index contributed by atoms with van der Waals surface area (Å²) in [5.41, 5.74) is 4.15. The summed E-state index contributed by atoms with van der Waals surface area (Å²) in [7, 11) is -0.804. The van der Waals surface area contributed by atoms with Crippen molar-refractivity contribution in [3.63, 3.8) is 0 Å². The average molecular weight is 472 g/mol. The van der Waals surface area contributed by atoms with Gasteiger partial charge in [-0.2, -0.15) is 0 Å². The van der Waals surface area contributed by atoms with E-state index in [4.69, 9.17) is 21.7 Å². The van der Waals surface area contributed by atoms with Gasteiger partial charge in [0.05, 0.1) is 24.8 Å². The molecule has 0 saturated heterocycles. The van der Waals surface area contributed by atoms with Crippen LogP contribution < -0.4 is 24.8 Å². The quantitative estimate of drug-likeness (QED) is 0.421. The molecule has 3 aromatic rings. The summed E-state index contributed by atoms with van der Waals surface area (Å²) >= 11 is 5.40. The molecule has 0 unspecified atom stereocenters. The van der Waals surface area contributed by atoms with E-state index in [0.717, 1.165) is 11.3 Å². The monoisotopic (exact) mass is 471 g/mol. The number of hydrogen-bond acceptors (Lipinski definition) is 5. The van der Waals surface area contributed by atoms with Gasteiger partial charge >= 0.3 is 0 Å². The number of benzene rings is 3. The Kier molecular flexibility index (Phi) is 7.22. The summed E-state index contributed by atoms with van der Waals surface area (Å²) in [6.07, 6.45) is 0. The SMILES string of the molecule is COc1ccc(NS(=O)(=O)c2ccc(NC(=S)Nc3ccc(C)c(C)c3)c(OC)c2)cc1. The van der Waals surface area contributed by atoms with Crippen molar-refractivity contribution in [3.05, 3.63) is 71.8 Å².